The van der Waals surface area contributed by atoms with E-state index < -0.39 is 0 Å². The Hall–Kier alpha value is -0.780. The summed E-state index contributed by atoms with van der Waals surface area (Å²) in [6.45, 7) is 4.91. The fourth-order valence-corrected chi connectivity index (χ4v) is 2.99. The zero-order chi connectivity index (χ0) is 14.5. The molecule has 0 bridgehead atoms. The Bertz CT molecular complexity index is 484. The summed E-state index contributed by atoms with van der Waals surface area (Å²) in [5.41, 5.74) is 0. The van der Waals surface area contributed by atoms with E-state index >= 15 is 0 Å². The van der Waals surface area contributed by atoms with Crippen molar-refractivity contribution in [3.05, 3.63) is 27.7 Å². The lowest BCUT2D eigenvalue weighted by Gasteiger charge is -2.34. The average molecular weight is 362 g/mol. The van der Waals surface area contributed by atoms with Crippen LogP contribution in [0.3, 0.4) is 0 Å². The van der Waals surface area contributed by atoms with Gasteiger partial charge in [-0.2, -0.15) is 0 Å². The second-order valence-corrected chi connectivity index (χ2v) is 6.10. The number of ether oxygens (including phenoxy) is 1. The quantitative estimate of drug-likeness (QED) is 0.896. The molecule has 1 fully saturated rings. The Morgan fingerprint density at radius 3 is 3.10 bits per heavy atom. The topological polar surface area (TPSA) is 41.6 Å². The summed E-state index contributed by atoms with van der Waals surface area (Å²) in [7, 11) is 0. The first-order valence-corrected chi connectivity index (χ1v) is 7.83. The summed E-state index contributed by atoms with van der Waals surface area (Å²) in [6, 6.07) is 5.59. The van der Waals surface area contributed by atoms with Gasteiger partial charge in [-0.05, 0) is 41.1 Å². The third-order valence-corrected chi connectivity index (χ3v) is 4.14. The van der Waals surface area contributed by atoms with E-state index in [1.54, 1.807) is 18.2 Å². The number of carbonyl (C=O) groups is 1. The zero-order valence-electron chi connectivity index (χ0n) is 11.4. The molecule has 0 aromatic heterocycles. The lowest BCUT2D eigenvalue weighted by molar-refractivity contribution is -0.134. The molecule has 0 aliphatic carbocycles. The highest BCUT2D eigenvalue weighted by Gasteiger charge is 2.22. The highest BCUT2D eigenvalue weighted by Crippen LogP contribution is 2.28. The molecule has 1 unspecified atom stereocenters. The van der Waals surface area contributed by atoms with Crippen LogP contribution in [0.25, 0.3) is 0 Å². The van der Waals surface area contributed by atoms with Crippen molar-refractivity contribution in [3.63, 3.8) is 0 Å². The van der Waals surface area contributed by atoms with Gasteiger partial charge in [0, 0.05) is 30.7 Å². The van der Waals surface area contributed by atoms with Gasteiger partial charge in [0.2, 0.25) is 5.91 Å². The minimum atomic E-state index is 0.143. The van der Waals surface area contributed by atoms with Crippen molar-refractivity contribution in [2.45, 2.75) is 19.4 Å². The molecule has 0 saturated carbocycles. The molecule has 1 aliphatic heterocycles. The van der Waals surface area contributed by atoms with E-state index in [0.717, 1.165) is 24.1 Å². The van der Waals surface area contributed by atoms with Crippen molar-refractivity contribution in [1.29, 1.82) is 0 Å². The van der Waals surface area contributed by atoms with Crippen LogP contribution in [-0.4, -0.2) is 43.1 Å². The van der Waals surface area contributed by atoms with Crippen LogP contribution < -0.4 is 10.1 Å². The van der Waals surface area contributed by atoms with Gasteiger partial charge in [-0.15, -0.1) is 0 Å². The number of nitrogens with one attached hydrogen (secondary N) is 1. The van der Waals surface area contributed by atoms with Crippen LogP contribution in [0.5, 0.6) is 5.75 Å². The van der Waals surface area contributed by atoms with Crippen molar-refractivity contribution in [1.82, 2.24) is 10.2 Å². The number of hydrogen-bond donors (Lipinski definition) is 1. The first-order chi connectivity index (χ1) is 9.58. The predicted octanol–water partition coefficient (Wildman–Crippen LogP) is 2.69. The number of piperazine rings is 1. The fourth-order valence-electron chi connectivity index (χ4n) is 2.20. The van der Waals surface area contributed by atoms with Gasteiger partial charge in [-0.25, -0.2) is 0 Å². The van der Waals surface area contributed by atoms with Crippen molar-refractivity contribution in [3.8, 4) is 5.75 Å². The minimum absolute atomic E-state index is 0.143. The molecule has 6 heteroatoms. The smallest absolute Gasteiger partial charge is 0.226 e. The molecule has 1 N–H and O–H groups in total. The maximum Gasteiger partial charge on any atom is 0.226 e. The SMILES string of the molecule is CC1CNCCN1C(=O)CCOc1ccc(Cl)cc1Br. The number of halogens is 2. The first-order valence-electron chi connectivity index (χ1n) is 6.66. The van der Waals surface area contributed by atoms with Crippen LogP contribution in [0.1, 0.15) is 13.3 Å². The molecule has 1 saturated heterocycles. The summed E-state index contributed by atoms with van der Waals surface area (Å²) >= 11 is 9.25. The van der Waals surface area contributed by atoms with Crippen molar-refractivity contribution < 1.29 is 9.53 Å². The number of hydrogen-bond acceptors (Lipinski definition) is 3. The standard InChI is InChI=1S/C14H18BrClN2O2/c1-10-9-17-5-6-18(10)14(19)4-7-20-13-3-2-11(16)8-12(13)15/h2-3,8,10,17H,4-7,9H2,1H3. The fraction of sp³-hybridized carbons (Fsp3) is 0.500. The summed E-state index contributed by atoms with van der Waals surface area (Å²) in [5, 5.41) is 3.92. The minimum Gasteiger partial charge on any atom is -0.492 e. The molecule has 1 aromatic rings. The van der Waals surface area contributed by atoms with Gasteiger partial charge in [-0.1, -0.05) is 11.6 Å². The van der Waals surface area contributed by atoms with E-state index in [1.165, 1.54) is 0 Å². The van der Waals surface area contributed by atoms with E-state index in [9.17, 15) is 4.79 Å². The molecule has 1 amide bonds. The molecule has 0 spiro atoms. The Morgan fingerprint density at radius 2 is 2.40 bits per heavy atom. The van der Waals surface area contributed by atoms with Gasteiger partial charge in [0.05, 0.1) is 17.5 Å². The van der Waals surface area contributed by atoms with Crippen LogP contribution in [-0.2, 0) is 4.79 Å². The molecular weight excluding hydrogens is 344 g/mol. The predicted molar refractivity (Wildman–Crippen MR) is 83.3 cm³/mol. The van der Waals surface area contributed by atoms with Gasteiger partial charge in [0.15, 0.2) is 0 Å². The molecule has 2 rings (SSSR count). The molecular formula is C14H18BrClN2O2. The van der Waals surface area contributed by atoms with E-state index in [4.69, 9.17) is 16.3 Å². The number of nitrogens with zero attached hydrogens (tertiary/aromatic N) is 1. The number of carbonyl (C=O) groups excluding carboxylic acids is 1. The zero-order valence-corrected chi connectivity index (χ0v) is 13.7. The Morgan fingerprint density at radius 1 is 1.60 bits per heavy atom. The van der Waals surface area contributed by atoms with Crippen LogP contribution >= 0.6 is 27.5 Å². The summed E-state index contributed by atoms with van der Waals surface area (Å²) in [6.07, 6.45) is 0.388. The third kappa shape index (κ3) is 4.11. The van der Waals surface area contributed by atoms with Crippen LogP contribution in [0.15, 0.2) is 22.7 Å². The number of benzene rings is 1. The highest BCUT2D eigenvalue weighted by molar-refractivity contribution is 9.10. The Labute approximate surface area is 132 Å². The van der Waals surface area contributed by atoms with Crippen LogP contribution in [0.2, 0.25) is 5.02 Å². The summed E-state index contributed by atoms with van der Waals surface area (Å²) in [4.78, 5) is 14.0. The van der Waals surface area contributed by atoms with E-state index in [1.807, 2.05) is 4.90 Å². The number of amides is 1. The molecule has 1 heterocycles. The summed E-state index contributed by atoms with van der Waals surface area (Å²) < 4.78 is 6.42. The van der Waals surface area contributed by atoms with Gasteiger partial charge in [0.1, 0.15) is 5.75 Å². The maximum atomic E-state index is 12.1. The van der Waals surface area contributed by atoms with Crippen molar-refractivity contribution in [2.24, 2.45) is 0 Å². The second-order valence-electron chi connectivity index (χ2n) is 4.81. The van der Waals surface area contributed by atoms with E-state index in [2.05, 4.69) is 28.2 Å². The lowest BCUT2D eigenvalue weighted by Crippen LogP contribution is -2.52. The molecule has 110 valence electrons. The van der Waals surface area contributed by atoms with Crippen LogP contribution in [0.4, 0.5) is 0 Å². The summed E-state index contributed by atoms with van der Waals surface area (Å²) in [5.74, 6) is 0.847. The molecule has 20 heavy (non-hydrogen) atoms. The average Bonchev–Trinajstić information content (AvgIpc) is 2.41. The normalized spacial score (nSPS) is 18.9. The van der Waals surface area contributed by atoms with E-state index in [0.29, 0.717) is 23.8 Å². The lowest BCUT2D eigenvalue weighted by atomic mass is 10.2. The van der Waals surface area contributed by atoms with Crippen molar-refractivity contribution >= 4 is 33.4 Å². The highest BCUT2D eigenvalue weighted by atomic mass is 79.9. The molecule has 4 nitrogen and oxygen atoms in total. The first kappa shape index (κ1) is 15.6. The van der Waals surface area contributed by atoms with Crippen LogP contribution in [0, 0.1) is 0 Å². The maximum absolute atomic E-state index is 12.1. The van der Waals surface area contributed by atoms with Gasteiger partial charge in [0.25, 0.3) is 0 Å². The van der Waals surface area contributed by atoms with Gasteiger partial charge in [-0.3, -0.25) is 4.79 Å². The molecule has 1 aromatic carbocycles. The Kier molecular flexibility index (Phi) is 5.69. The monoisotopic (exact) mass is 360 g/mol. The van der Waals surface area contributed by atoms with Crippen molar-refractivity contribution in [2.75, 3.05) is 26.2 Å². The third-order valence-electron chi connectivity index (χ3n) is 3.29. The van der Waals surface area contributed by atoms with Gasteiger partial charge >= 0.3 is 0 Å². The largest absolute Gasteiger partial charge is 0.492 e. The van der Waals surface area contributed by atoms with Gasteiger partial charge < -0.3 is 15.0 Å². The second kappa shape index (κ2) is 7.29. The van der Waals surface area contributed by atoms with E-state index in [-0.39, 0.29) is 11.9 Å². The molecule has 0 radical (unpaired) electrons. The number of rotatable bonds is 4. The molecule has 1 atom stereocenters. The molecule has 1 aliphatic rings. The Balaban J connectivity index is 1.81.